The molecular formula is C20H23FN2O4S. The number of sulfone groups is 1. The van der Waals surface area contributed by atoms with Crippen LogP contribution in [0.1, 0.15) is 12.1 Å². The van der Waals surface area contributed by atoms with E-state index in [2.05, 4.69) is 9.88 Å². The van der Waals surface area contributed by atoms with Gasteiger partial charge in [0.2, 0.25) is 0 Å². The lowest BCUT2D eigenvalue weighted by Crippen LogP contribution is -2.37. The number of pyridine rings is 1. The Kier molecular flexibility index (Phi) is 7.13. The fourth-order valence-corrected chi connectivity index (χ4v) is 3.76. The van der Waals surface area contributed by atoms with Gasteiger partial charge in [-0.2, -0.15) is 0 Å². The van der Waals surface area contributed by atoms with Crippen molar-refractivity contribution in [3.8, 4) is 5.75 Å². The number of hydrogen-bond acceptors (Lipinski definition) is 6. The molecule has 0 aliphatic carbocycles. The van der Waals surface area contributed by atoms with Gasteiger partial charge in [0.15, 0.2) is 9.84 Å². The van der Waals surface area contributed by atoms with E-state index in [0.29, 0.717) is 12.4 Å². The van der Waals surface area contributed by atoms with Gasteiger partial charge in [-0.15, -0.1) is 0 Å². The van der Waals surface area contributed by atoms with Gasteiger partial charge in [0, 0.05) is 31.2 Å². The maximum atomic E-state index is 13.6. The fraction of sp³-hybridized carbons (Fsp3) is 0.350. The highest BCUT2D eigenvalue weighted by molar-refractivity contribution is 7.94. The Morgan fingerprint density at radius 3 is 2.64 bits per heavy atom. The quantitative estimate of drug-likeness (QED) is 0.628. The molecule has 150 valence electrons. The monoisotopic (exact) mass is 406 g/mol. The molecule has 0 spiro atoms. The molecule has 28 heavy (non-hydrogen) atoms. The summed E-state index contributed by atoms with van der Waals surface area (Å²) >= 11 is 0. The molecule has 2 aromatic rings. The predicted octanol–water partition coefficient (Wildman–Crippen LogP) is 2.77. The minimum absolute atomic E-state index is 0.0219. The van der Waals surface area contributed by atoms with E-state index in [0.717, 1.165) is 50.8 Å². The molecule has 1 aliphatic heterocycles. The van der Waals surface area contributed by atoms with E-state index >= 15 is 0 Å². The van der Waals surface area contributed by atoms with E-state index < -0.39 is 15.7 Å². The van der Waals surface area contributed by atoms with Crippen LogP contribution < -0.4 is 4.74 Å². The third-order valence-corrected chi connectivity index (χ3v) is 5.76. The number of morpholine rings is 1. The highest BCUT2D eigenvalue weighted by Crippen LogP contribution is 2.19. The van der Waals surface area contributed by atoms with Gasteiger partial charge in [0.1, 0.15) is 11.6 Å². The van der Waals surface area contributed by atoms with E-state index in [1.54, 1.807) is 12.1 Å². The number of ether oxygens (including phenoxy) is 2. The second-order valence-corrected chi connectivity index (χ2v) is 8.18. The highest BCUT2D eigenvalue weighted by Gasteiger charge is 2.12. The molecule has 0 radical (unpaired) electrons. The third-order valence-electron chi connectivity index (χ3n) is 4.34. The maximum Gasteiger partial charge on any atom is 0.199 e. The van der Waals surface area contributed by atoms with Crippen molar-refractivity contribution >= 4 is 15.9 Å². The second-order valence-electron chi connectivity index (χ2n) is 6.35. The predicted molar refractivity (Wildman–Crippen MR) is 104 cm³/mol. The molecule has 3 rings (SSSR count). The smallest absolute Gasteiger partial charge is 0.199 e. The molecule has 0 atom stereocenters. The van der Waals surface area contributed by atoms with Gasteiger partial charge in [-0.05, 0) is 48.9 Å². The summed E-state index contributed by atoms with van der Waals surface area (Å²) in [6.45, 7) is 4.95. The molecule has 0 unspecified atom stereocenters. The zero-order valence-corrected chi connectivity index (χ0v) is 16.3. The fourth-order valence-electron chi connectivity index (χ4n) is 2.78. The van der Waals surface area contributed by atoms with Crippen LogP contribution in [0.5, 0.6) is 5.75 Å². The first-order chi connectivity index (χ1) is 13.5. The Morgan fingerprint density at radius 1 is 1.18 bits per heavy atom. The van der Waals surface area contributed by atoms with Gasteiger partial charge < -0.3 is 9.47 Å². The van der Waals surface area contributed by atoms with E-state index in [9.17, 15) is 12.8 Å². The van der Waals surface area contributed by atoms with Crippen LogP contribution in [0.25, 0.3) is 6.08 Å². The highest BCUT2D eigenvalue weighted by atomic mass is 32.2. The molecule has 8 heteroatoms. The molecule has 0 amide bonds. The number of hydrogen-bond donors (Lipinski definition) is 0. The van der Waals surface area contributed by atoms with Crippen LogP contribution in [0, 0.1) is 5.82 Å². The van der Waals surface area contributed by atoms with Crippen LogP contribution in [0.3, 0.4) is 0 Å². The minimum atomic E-state index is -3.69. The number of benzene rings is 1. The Labute approximate surface area is 164 Å². The summed E-state index contributed by atoms with van der Waals surface area (Å²) in [6.07, 6.45) is 3.44. The average Bonchev–Trinajstić information content (AvgIpc) is 2.72. The van der Waals surface area contributed by atoms with E-state index in [4.69, 9.17) is 9.47 Å². The molecular weight excluding hydrogens is 383 g/mol. The molecule has 1 aromatic carbocycles. The van der Waals surface area contributed by atoms with Crippen LogP contribution in [0.4, 0.5) is 4.39 Å². The van der Waals surface area contributed by atoms with Gasteiger partial charge in [-0.25, -0.2) is 12.8 Å². The third kappa shape index (κ3) is 5.85. The van der Waals surface area contributed by atoms with Gasteiger partial charge in [0.05, 0.1) is 30.4 Å². The lowest BCUT2D eigenvalue weighted by Gasteiger charge is -2.26. The molecule has 2 heterocycles. The molecule has 0 bridgehead atoms. The van der Waals surface area contributed by atoms with Gasteiger partial charge in [-0.1, -0.05) is 0 Å². The summed E-state index contributed by atoms with van der Waals surface area (Å²) in [5.41, 5.74) is -0.0219. The molecule has 1 aromatic heterocycles. The minimum Gasteiger partial charge on any atom is -0.494 e. The van der Waals surface area contributed by atoms with Crippen molar-refractivity contribution in [3.63, 3.8) is 0 Å². The average molecular weight is 406 g/mol. The molecule has 1 saturated heterocycles. The van der Waals surface area contributed by atoms with Crippen molar-refractivity contribution < 1.29 is 22.3 Å². The van der Waals surface area contributed by atoms with Crippen molar-refractivity contribution in [3.05, 3.63) is 59.5 Å². The largest absolute Gasteiger partial charge is 0.494 e. The molecule has 1 aliphatic rings. The maximum absolute atomic E-state index is 13.6. The van der Waals surface area contributed by atoms with Crippen LogP contribution in [0.15, 0.2) is 52.9 Å². The Bertz CT molecular complexity index is 895. The van der Waals surface area contributed by atoms with Crippen molar-refractivity contribution in [2.24, 2.45) is 0 Å². The topological polar surface area (TPSA) is 68.7 Å². The lowest BCUT2D eigenvalue weighted by atomic mass is 10.3. The van der Waals surface area contributed by atoms with E-state index in [-0.39, 0.29) is 10.6 Å². The first-order valence-corrected chi connectivity index (χ1v) is 10.7. The van der Waals surface area contributed by atoms with Gasteiger partial charge in [0.25, 0.3) is 0 Å². The standard InChI is InChI=1S/C20H23FN2O4S/c21-19-3-1-9-22-20(19)8-16-28(24,25)18-6-4-17(5-7-18)27-13-2-10-23-11-14-26-15-12-23/h1,3-9,16H,2,10-15H2. The van der Waals surface area contributed by atoms with Crippen molar-refractivity contribution in [2.75, 3.05) is 39.5 Å². The molecule has 0 N–H and O–H groups in total. The van der Waals surface area contributed by atoms with Crippen LogP contribution in [-0.2, 0) is 14.6 Å². The van der Waals surface area contributed by atoms with Gasteiger partial charge >= 0.3 is 0 Å². The van der Waals surface area contributed by atoms with Crippen molar-refractivity contribution in [1.29, 1.82) is 0 Å². The van der Waals surface area contributed by atoms with Crippen molar-refractivity contribution in [2.45, 2.75) is 11.3 Å². The summed E-state index contributed by atoms with van der Waals surface area (Å²) in [5, 5.41) is 0.955. The first kappa shape index (κ1) is 20.4. The molecule has 0 saturated carbocycles. The summed E-state index contributed by atoms with van der Waals surface area (Å²) < 4.78 is 49.3. The number of halogens is 1. The summed E-state index contributed by atoms with van der Waals surface area (Å²) in [5.74, 6) is 0.0375. The summed E-state index contributed by atoms with van der Waals surface area (Å²) in [6, 6.07) is 8.87. The van der Waals surface area contributed by atoms with E-state index in [1.165, 1.54) is 30.5 Å². The number of rotatable bonds is 8. The second kappa shape index (κ2) is 9.77. The van der Waals surface area contributed by atoms with Gasteiger partial charge in [-0.3, -0.25) is 9.88 Å². The number of nitrogens with zero attached hydrogens (tertiary/aromatic N) is 2. The Morgan fingerprint density at radius 2 is 1.93 bits per heavy atom. The first-order valence-electron chi connectivity index (χ1n) is 9.11. The zero-order valence-electron chi connectivity index (χ0n) is 15.5. The lowest BCUT2D eigenvalue weighted by molar-refractivity contribution is 0.0358. The SMILES string of the molecule is O=S(=O)(C=Cc1ncccc1F)c1ccc(OCCCN2CCOCC2)cc1. The Balaban J connectivity index is 1.52. The zero-order chi connectivity index (χ0) is 19.8. The molecule has 6 nitrogen and oxygen atoms in total. The van der Waals surface area contributed by atoms with Crippen LogP contribution in [-0.4, -0.2) is 57.8 Å². The van der Waals surface area contributed by atoms with E-state index in [1.807, 2.05) is 0 Å². The molecule has 1 fully saturated rings. The number of aromatic nitrogens is 1. The van der Waals surface area contributed by atoms with Crippen molar-refractivity contribution in [1.82, 2.24) is 9.88 Å². The van der Waals surface area contributed by atoms with Crippen LogP contribution in [0.2, 0.25) is 0 Å². The summed E-state index contributed by atoms with van der Waals surface area (Å²) in [4.78, 5) is 6.25. The normalized spacial score (nSPS) is 15.8. The Hall–Kier alpha value is -2.29. The van der Waals surface area contributed by atoms with Crippen LogP contribution >= 0.6 is 0 Å². The summed E-state index contributed by atoms with van der Waals surface area (Å²) in [7, 11) is -3.69.